The highest BCUT2D eigenvalue weighted by Crippen LogP contribution is 2.25. The Morgan fingerprint density at radius 1 is 1.39 bits per heavy atom. The zero-order chi connectivity index (χ0) is 13.6. The lowest BCUT2D eigenvalue weighted by Crippen LogP contribution is -2.14. The van der Waals surface area contributed by atoms with Gasteiger partial charge in [0.1, 0.15) is 5.75 Å². The van der Waals surface area contributed by atoms with E-state index in [-0.39, 0.29) is 5.41 Å². The molecule has 0 atom stereocenters. The van der Waals surface area contributed by atoms with Crippen LogP contribution in [0, 0.1) is 23.7 Å². The predicted octanol–water partition coefficient (Wildman–Crippen LogP) is 2.81. The summed E-state index contributed by atoms with van der Waals surface area (Å²) in [6, 6.07) is 8.38. The molecule has 18 heavy (non-hydrogen) atoms. The van der Waals surface area contributed by atoms with Crippen molar-refractivity contribution in [3.8, 4) is 11.8 Å². The molecule has 0 saturated carbocycles. The van der Waals surface area contributed by atoms with Crippen molar-refractivity contribution in [1.82, 2.24) is 0 Å². The molecular weight excluding hydrogens is 224 g/mol. The van der Waals surface area contributed by atoms with Crippen LogP contribution in [0.25, 0.3) is 0 Å². The van der Waals surface area contributed by atoms with Crippen molar-refractivity contribution < 1.29 is 4.74 Å². The van der Waals surface area contributed by atoms with Gasteiger partial charge >= 0.3 is 0 Å². The van der Waals surface area contributed by atoms with E-state index in [4.69, 9.17) is 15.7 Å². The smallest absolute Gasteiger partial charge is 0.125 e. The van der Waals surface area contributed by atoms with Gasteiger partial charge in [0.05, 0.1) is 18.1 Å². The lowest BCUT2D eigenvalue weighted by molar-refractivity contribution is 0.261. The molecule has 0 amide bonds. The number of ether oxygens (including phenoxy) is 1. The maximum absolute atomic E-state index is 8.96. The number of nitrogens with two attached hydrogens (primary N) is 1. The molecule has 0 radical (unpaired) electrons. The maximum Gasteiger partial charge on any atom is 0.125 e. The van der Waals surface area contributed by atoms with Gasteiger partial charge in [0, 0.05) is 0 Å². The minimum Gasteiger partial charge on any atom is -0.493 e. The summed E-state index contributed by atoms with van der Waals surface area (Å²) in [7, 11) is 0. The minimum absolute atomic E-state index is 0.337. The number of benzene rings is 1. The fraction of sp³-hybridized carbons (Fsp3) is 0.533. The molecule has 0 saturated heterocycles. The first-order valence-electron chi connectivity index (χ1n) is 6.33. The molecule has 0 aliphatic carbocycles. The topological polar surface area (TPSA) is 59.0 Å². The predicted molar refractivity (Wildman–Crippen MR) is 73.4 cm³/mol. The highest BCUT2D eigenvalue weighted by Gasteiger charge is 2.17. The van der Waals surface area contributed by atoms with Gasteiger partial charge in [-0.25, -0.2) is 0 Å². The normalized spacial score (nSPS) is 11.1. The Morgan fingerprint density at radius 2 is 2.11 bits per heavy atom. The minimum atomic E-state index is -0.337. The third kappa shape index (κ3) is 4.05. The van der Waals surface area contributed by atoms with Crippen molar-refractivity contribution in [3.63, 3.8) is 0 Å². The van der Waals surface area contributed by atoms with E-state index in [1.807, 2.05) is 39.0 Å². The third-order valence-electron chi connectivity index (χ3n) is 2.98. The van der Waals surface area contributed by atoms with E-state index in [2.05, 4.69) is 6.07 Å². The molecule has 0 aliphatic heterocycles. The molecule has 0 bridgehead atoms. The van der Waals surface area contributed by atoms with E-state index >= 15 is 0 Å². The standard InChI is InChI=1S/C15H22N2O/c1-12-5-4-6-13(7-9-16)14(12)18-10-8-15(2,3)11-17/h4-6H,7-10,16H2,1-3H3. The summed E-state index contributed by atoms with van der Waals surface area (Å²) in [5.41, 5.74) is 7.53. The molecule has 3 nitrogen and oxygen atoms in total. The molecule has 0 aromatic heterocycles. The maximum atomic E-state index is 8.96. The first-order valence-corrected chi connectivity index (χ1v) is 6.33. The molecule has 1 aromatic rings. The first kappa shape index (κ1) is 14.5. The lowest BCUT2D eigenvalue weighted by atomic mass is 9.92. The number of nitriles is 1. The third-order valence-corrected chi connectivity index (χ3v) is 2.98. The van der Waals surface area contributed by atoms with E-state index in [1.165, 1.54) is 0 Å². The number of nitrogens with zero attached hydrogens (tertiary/aromatic N) is 1. The van der Waals surface area contributed by atoms with Crippen molar-refractivity contribution >= 4 is 0 Å². The summed E-state index contributed by atoms with van der Waals surface area (Å²) < 4.78 is 5.85. The number of hydrogen-bond acceptors (Lipinski definition) is 3. The molecule has 2 N–H and O–H groups in total. The van der Waals surface area contributed by atoms with Crippen LogP contribution in [0.5, 0.6) is 5.75 Å². The molecule has 0 aliphatic rings. The van der Waals surface area contributed by atoms with Gasteiger partial charge in [-0.3, -0.25) is 0 Å². The van der Waals surface area contributed by atoms with E-state index in [0.29, 0.717) is 13.2 Å². The monoisotopic (exact) mass is 246 g/mol. The van der Waals surface area contributed by atoms with Gasteiger partial charge in [-0.15, -0.1) is 0 Å². The van der Waals surface area contributed by atoms with Crippen molar-refractivity contribution in [1.29, 1.82) is 5.26 Å². The van der Waals surface area contributed by atoms with Gasteiger partial charge in [0.2, 0.25) is 0 Å². The fourth-order valence-corrected chi connectivity index (χ4v) is 1.74. The van der Waals surface area contributed by atoms with Gasteiger partial charge in [-0.1, -0.05) is 18.2 Å². The van der Waals surface area contributed by atoms with E-state index in [9.17, 15) is 0 Å². The summed E-state index contributed by atoms with van der Waals surface area (Å²) in [5.74, 6) is 0.927. The van der Waals surface area contributed by atoms with Crippen molar-refractivity contribution in [2.45, 2.75) is 33.6 Å². The Labute approximate surface area is 110 Å². The highest BCUT2D eigenvalue weighted by atomic mass is 16.5. The molecule has 0 fully saturated rings. The summed E-state index contributed by atoms with van der Waals surface area (Å²) in [5, 5.41) is 8.96. The van der Waals surface area contributed by atoms with Crippen LogP contribution in [0.4, 0.5) is 0 Å². The van der Waals surface area contributed by atoms with Crippen LogP contribution in [-0.2, 0) is 6.42 Å². The highest BCUT2D eigenvalue weighted by molar-refractivity contribution is 5.40. The Kier molecular flexibility index (Phi) is 5.18. The zero-order valence-corrected chi connectivity index (χ0v) is 11.5. The van der Waals surface area contributed by atoms with Gasteiger partial charge in [0.25, 0.3) is 0 Å². The Balaban J connectivity index is 2.70. The van der Waals surface area contributed by atoms with Crippen LogP contribution in [0.2, 0.25) is 0 Å². The van der Waals surface area contributed by atoms with Gasteiger partial charge in [-0.2, -0.15) is 5.26 Å². The van der Waals surface area contributed by atoms with Gasteiger partial charge < -0.3 is 10.5 Å². The number of hydrogen-bond donors (Lipinski definition) is 1. The fourth-order valence-electron chi connectivity index (χ4n) is 1.74. The summed E-state index contributed by atoms with van der Waals surface area (Å²) in [4.78, 5) is 0. The van der Waals surface area contributed by atoms with Crippen LogP contribution < -0.4 is 10.5 Å². The summed E-state index contributed by atoms with van der Waals surface area (Å²) in [6.45, 7) is 7.06. The number of para-hydroxylation sites is 1. The summed E-state index contributed by atoms with van der Waals surface area (Å²) in [6.07, 6.45) is 1.54. The largest absolute Gasteiger partial charge is 0.493 e. The molecule has 1 aromatic carbocycles. The summed E-state index contributed by atoms with van der Waals surface area (Å²) >= 11 is 0. The van der Waals surface area contributed by atoms with Crippen LogP contribution >= 0.6 is 0 Å². The van der Waals surface area contributed by atoms with Crippen LogP contribution in [0.1, 0.15) is 31.4 Å². The zero-order valence-electron chi connectivity index (χ0n) is 11.5. The van der Waals surface area contributed by atoms with Crippen molar-refractivity contribution in [2.75, 3.05) is 13.2 Å². The van der Waals surface area contributed by atoms with E-state index in [0.717, 1.165) is 29.7 Å². The van der Waals surface area contributed by atoms with Crippen LogP contribution in [0.3, 0.4) is 0 Å². The van der Waals surface area contributed by atoms with Gasteiger partial charge in [-0.05, 0) is 51.3 Å². The quantitative estimate of drug-likeness (QED) is 0.839. The van der Waals surface area contributed by atoms with Crippen LogP contribution in [0.15, 0.2) is 18.2 Å². The second-order valence-corrected chi connectivity index (χ2v) is 5.20. The van der Waals surface area contributed by atoms with Crippen molar-refractivity contribution in [3.05, 3.63) is 29.3 Å². The molecule has 0 unspecified atom stereocenters. The molecule has 0 spiro atoms. The lowest BCUT2D eigenvalue weighted by Gasteiger charge is -2.18. The second-order valence-electron chi connectivity index (χ2n) is 5.20. The number of aryl methyl sites for hydroxylation is 1. The Hall–Kier alpha value is -1.53. The molecule has 1 rings (SSSR count). The first-order chi connectivity index (χ1) is 8.50. The molecule has 98 valence electrons. The van der Waals surface area contributed by atoms with Crippen molar-refractivity contribution in [2.24, 2.45) is 11.1 Å². The Bertz CT molecular complexity index is 433. The molecular formula is C15H22N2O. The van der Waals surface area contributed by atoms with E-state index in [1.54, 1.807) is 0 Å². The molecule has 0 heterocycles. The Morgan fingerprint density at radius 3 is 2.72 bits per heavy atom. The van der Waals surface area contributed by atoms with Gasteiger partial charge in [0.15, 0.2) is 0 Å². The SMILES string of the molecule is Cc1cccc(CCN)c1OCCC(C)(C)C#N. The number of rotatable bonds is 6. The molecule has 3 heteroatoms. The average molecular weight is 246 g/mol. The van der Waals surface area contributed by atoms with Crippen LogP contribution in [-0.4, -0.2) is 13.2 Å². The second kappa shape index (κ2) is 6.42. The van der Waals surface area contributed by atoms with E-state index < -0.39 is 0 Å². The average Bonchev–Trinajstić information content (AvgIpc) is 2.33.